The van der Waals surface area contributed by atoms with Crippen LogP contribution >= 0.6 is 11.8 Å². The highest BCUT2D eigenvalue weighted by Crippen LogP contribution is 2.33. The lowest BCUT2D eigenvalue weighted by Gasteiger charge is -2.12. The Morgan fingerprint density at radius 2 is 1.47 bits per heavy atom. The fourth-order valence-corrected chi connectivity index (χ4v) is 3.99. The smallest absolute Gasteiger partial charge is 0.343 e. The number of thioether (sulfide) groups is 1. The first-order chi connectivity index (χ1) is 15.4. The van der Waals surface area contributed by atoms with E-state index in [9.17, 15) is 14.4 Å². The van der Waals surface area contributed by atoms with Crippen LogP contribution in [0.2, 0.25) is 0 Å². The molecular weight excluding hydrogens is 422 g/mol. The summed E-state index contributed by atoms with van der Waals surface area (Å²) in [6.45, 7) is 4.18. The van der Waals surface area contributed by atoms with E-state index in [0.29, 0.717) is 16.2 Å². The van der Waals surface area contributed by atoms with Crippen LogP contribution in [0.15, 0.2) is 77.7 Å². The van der Waals surface area contributed by atoms with Gasteiger partial charge in [-0.05, 0) is 67.1 Å². The second-order valence-corrected chi connectivity index (χ2v) is 8.57. The van der Waals surface area contributed by atoms with Crippen molar-refractivity contribution in [3.63, 3.8) is 0 Å². The molecule has 0 atom stereocenters. The number of hydrogen-bond acceptors (Lipinski definition) is 5. The zero-order valence-corrected chi connectivity index (χ0v) is 18.5. The van der Waals surface area contributed by atoms with E-state index in [0.717, 1.165) is 34.0 Å². The molecule has 0 unspecified atom stereocenters. The van der Waals surface area contributed by atoms with Gasteiger partial charge in [-0.3, -0.25) is 14.5 Å². The first kappa shape index (κ1) is 21.6. The SMILES string of the molecule is Cc1ccc(CN2C(=O)S/C(=C\c3ccc(OC(=O)c4ccc(C)cc4)cc3)C2=O)cc1. The standard InChI is InChI=1S/C26H21NO4S/c1-17-3-7-20(8-4-17)16-27-24(28)23(32-26(27)30)15-19-9-13-22(14-10-19)31-25(29)21-11-5-18(2)6-12-21/h3-15H,16H2,1-2H3/b23-15-. The summed E-state index contributed by atoms with van der Waals surface area (Å²) in [5.41, 5.74) is 4.30. The van der Waals surface area contributed by atoms with Crippen molar-refractivity contribution in [1.29, 1.82) is 0 Å². The van der Waals surface area contributed by atoms with Gasteiger partial charge in [0.05, 0.1) is 17.0 Å². The maximum absolute atomic E-state index is 12.7. The topological polar surface area (TPSA) is 63.7 Å². The van der Waals surface area contributed by atoms with E-state index in [4.69, 9.17) is 4.74 Å². The van der Waals surface area contributed by atoms with Crippen LogP contribution in [0.3, 0.4) is 0 Å². The first-order valence-electron chi connectivity index (χ1n) is 10.1. The van der Waals surface area contributed by atoms with Crippen LogP contribution in [0.1, 0.15) is 32.6 Å². The predicted octanol–water partition coefficient (Wildman–Crippen LogP) is 5.76. The minimum atomic E-state index is -0.435. The number of aryl methyl sites for hydroxylation is 2. The predicted molar refractivity (Wildman–Crippen MR) is 125 cm³/mol. The Bertz CT molecular complexity index is 1200. The summed E-state index contributed by atoms with van der Waals surface area (Å²) in [5, 5.41) is -0.287. The molecule has 3 aromatic carbocycles. The van der Waals surface area contributed by atoms with Crippen molar-refractivity contribution >= 4 is 35.0 Å². The summed E-state index contributed by atoms with van der Waals surface area (Å²) < 4.78 is 5.40. The van der Waals surface area contributed by atoms with Crippen LogP contribution in [0, 0.1) is 13.8 Å². The van der Waals surface area contributed by atoms with Crippen molar-refractivity contribution in [2.75, 3.05) is 0 Å². The van der Waals surface area contributed by atoms with Gasteiger partial charge in [-0.2, -0.15) is 0 Å². The quantitative estimate of drug-likeness (QED) is 0.285. The molecule has 0 saturated carbocycles. The Kier molecular flexibility index (Phi) is 6.23. The molecule has 1 aliphatic rings. The normalized spacial score (nSPS) is 14.8. The van der Waals surface area contributed by atoms with Crippen molar-refractivity contribution in [2.24, 2.45) is 0 Å². The lowest BCUT2D eigenvalue weighted by Crippen LogP contribution is -2.27. The fourth-order valence-electron chi connectivity index (χ4n) is 3.15. The molecule has 0 aliphatic carbocycles. The number of ether oxygens (including phenoxy) is 1. The molecule has 1 saturated heterocycles. The van der Waals surface area contributed by atoms with Crippen LogP contribution < -0.4 is 4.74 Å². The Balaban J connectivity index is 1.42. The van der Waals surface area contributed by atoms with Gasteiger partial charge in [-0.15, -0.1) is 0 Å². The molecule has 6 heteroatoms. The third kappa shape index (κ3) is 4.98. The van der Waals surface area contributed by atoms with Crippen molar-refractivity contribution in [3.8, 4) is 5.75 Å². The van der Waals surface area contributed by atoms with Gasteiger partial charge in [0, 0.05) is 0 Å². The number of hydrogen-bond donors (Lipinski definition) is 0. The molecule has 1 heterocycles. The number of carbonyl (C=O) groups excluding carboxylic acids is 3. The number of imide groups is 1. The molecule has 0 N–H and O–H groups in total. The second-order valence-electron chi connectivity index (χ2n) is 7.58. The van der Waals surface area contributed by atoms with E-state index < -0.39 is 5.97 Å². The highest BCUT2D eigenvalue weighted by Gasteiger charge is 2.34. The van der Waals surface area contributed by atoms with E-state index in [1.54, 1.807) is 42.5 Å². The summed E-state index contributed by atoms with van der Waals surface area (Å²) in [6, 6.07) is 21.7. The molecule has 3 aromatic rings. The van der Waals surface area contributed by atoms with Crippen molar-refractivity contribution in [2.45, 2.75) is 20.4 Å². The zero-order chi connectivity index (χ0) is 22.7. The van der Waals surface area contributed by atoms with E-state index in [-0.39, 0.29) is 17.7 Å². The molecule has 1 fully saturated rings. The van der Waals surface area contributed by atoms with E-state index >= 15 is 0 Å². The van der Waals surface area contributed by atoms with Gasteiger partial charge in [0.25, 0.3) is 11.1 Å². The lowest BCUT2D eigenvalue weighted by molar-refractivity contribution is -0.123. The minimum Gasteiger partial charge on any atom is -0.423 e. The molecule has 160 valence electrons. The molecule has 32 heavy (non-hydrogen) atoms. The van der Waals surface area contributed by atoms with Gasteiger partial charge >= 0.3 is 5.97 Å². The van der Waals surface area contributed by atoms with Crippen molar-refractivity contribution in [3.05, 3.63) is 106 Å². The monoisotopic (exact) mass is 443 g/mol. The average molecular weight is 444 g/mol. The lowest BCUT2D eigenvalue weighted by atomic mass is 10.1. The van der Waals surface area contributed by atoms with Crippen molar-refractivity contribution in [1.82, 2.24) is 4.90 Å². The van der Waals surface area contributed by atoms with Gasteiger partial charge in [0.2, 0.25) is 0 Å². The molecule has 5 nitrogen and oxygen atoms in total. The molecule has 2 amide bonds. The molecular formula is C26H21NO4S. The van der Waals surface area contributed by atoms with Crippen molar-refractivity contribution < 1.29 is 19.1 Å². The number of amides is 2. The number of carbonyl (C=O) groups is 3. The number of rotatable bonds is 5. The minimum absolute atomic E-state index is 0.246. The van der Waals surface area contributed by atoms with Crippen LogP contribution in [-0.4, -0.2) is 22.0 Å². The number of nitrogens with zero attached hydrogens (tertiary/aromatic N) is 1. The van der Waals surface area contributed by atoms with E-state index in [2.05, 4.69) is 0 Å². The third-order valence-electron chi connectivity index (χ3n) is 5.01. The summed E-state index contributed by atoms with van der Waals surface area (Å²) in [6.07, 6.45) is 1.67. The molecule has 4 rings (SSSR count). The Labute approximate surface area is 190 Å². The van der Waals surface area contributed by atoms with Crippen LogP contribution in [0.25, 0.3) is 6.08 Å². The van der Waals surface area contributed by atoms with Gasteiger partial charge in [-0.1, -0.05) is 59.7 Å². The third-order valence-corrected chi connectivity index (χ3v) is 5.92. The molecule has 0 radical (unpaired) electrons. The van der Waals surface area contributed by atoms with E-state index in [1.165, 1.54) is 4.90 Å². The molecule has 0 spiro atoms. The Morgan fingerprint density at radius 1 is 0.875 bits per heavy atom. The molecule has 0 bridgehead atoms. The second kappa shape index (κ2) is 9.24. The average Bonchev–Trinajstić information content (AvgIpc) is 3.04. The zero-order valence-electron chi connectivity index (χ0n) is 17.7. The Hall–Kier alpha value is -3.64. The summed E-state index contributed by atoms with van der Waals surface area (Å²) in [5.74, 6) is -0.342. The summed E-state index contributed by atoms with van der Waals surface area (Å²) >= 11 is 0.925. The summed E-state index contributed by atoms with van der Waals surface area (Å²) in [7, 11) is 0. The fraction of sp³-hybridized carbons (Fsp3) is 0.115. The summed E-state index contributed by atoms with van der Waals surface area (Å²) in [4.78, 5) is 39.0. The van der Waals surface area contributed by atoms with E-state index in [1.807, 2.05) is 50.2 Å². The molecule has 1 aliphatic heterocycles. The van der Waals surface area contributed by atoms with Gasteiger partial charge in [0.1, 0.15) is 5.75 Å². The van der Waals surface area contributed by atoms with Gasteiger partial charge in [0.15, 0.2) is 0 Å². The number of benzene rings is 3. The highest BCUT2D eigenvalue weighted by atomic mass is 32.2. The number of esters is 1. The van der Waals surface area contributed by atoms with Crippen LogP contribution in [-0.2, 0) is 11.3 Å². The van der Waals surface area contributed by atoms with Crippen LogP contribution in [0.5, 0.6) is 5.75 Å². The van der Waals surface area contributed by atoms with Gasteiger partial charge in [-0.25, -0.2) is 4.79 Å². The largest absolute Gasteiger partial charge is 0.423 e. The maximum atomic E-state index is 12.7. The Morgan fingerprint density at radius 3 is 2.09 bits per heavy atom. The highest BCUT2D eigenvalue weighted by molar-refractivity contribution is 8.18. The molecule has 0 aromatic heterocycles. The van der Waals surface area contributed by atoms with Gasteiger partial charge < -0.3 is 4.74 Å². The maximum Gasteiger partial charge on any atom is 0.343 e. The first-order valence-corrected chi connectivity index (χ1v) is 10.9. The van der Waals surface area contributed by atoms with Crippen LogP contribution in [0.4, 0.5) is 4.79 Å².